The van der Waals surface area contributed by atoms with Crippen LogP contribution in [0.15, 0.2) is 48.5 Å². The van der Waals surface area contributed by atoms with Crippen LogP contribution in [0.4, 0.5) is 20.2 Å². The fourth-order valence-electron chi connectivity index (χ4n) is 2.47. The van der Waals surface area contributed by atoms with Gasteiger partial charge >= 0.3 is 6.61 Å². The second-order valence-corrected chi connectivity index (χ2v) is 6.03. The molecular formula is C18H20F2N3O4+. The van der Waals surface area contributed by atoms with E-state index in [2.05, 4.69) is 10.1 Å². The van der Waals surface area contributed by atoms with Gasteiger partial charge in [0.15, 0.2) is 6.04 Å². The number of nitro benzene ring substituents is 1. The van der Waals surface area contributed by atoms with Crippen LogP contribution in [0.2, 0.25) is 0 Å². The number of para-hydroxylation sites is 2. The van der Waals surface area contributed by atoms with Crippen molar-refractivity contribution < 1.29 is 28.1 Å². The molecule has 0 saturated heterocycles. The number of hydrogen-bond donors (Lipinski definition) is 2. The smallest absolute Gasteiger partial charge is 0.387 e. The topological polar surface area (TPSA) is 85.9 Å². The van der Waals surface area contributed by atoms with E-state index in [4.69, 9.17) is 0 Å². The molecule has 0 saturated carbocycles. The minimum Gasteiger partial charge on any atom is -0.435 e. The van der Waals surface area contributed by atoms with Gasteiger partial charge in [0.05, 0.1) is 12.0 Å². The third-order valence-electron chi connectivity index (χ3n) is 4.12. The number of nitrogens with zero attached hydrogens (tertiary/aromatic N) is 1. The van der Waals surface area contributed by atoms with Gasteiger partial charge in [0.1, 0.15) is 18.0 Å². The Labute approximate surface area is 154 Å². The van der Waals surface area contributed by atoms with E-state index in [-0.39, 0.29) is 23.0 Å². The number of anilines is 1. The molecule has 0 bridgehead atoms. The van der Waals surface area contributed by atoms with Crippen molar-refractivity contribution in [2.75, 3.05) is 12.4 Å². The first-order valence-corrected chi connectivity index (χ1v) is 8.18. The average molecular weight is 380 g/mol. The SMILES string of the molecule is C[C@H](C(=O)Nc1ccccc1[N+](=O)[O-])[NH+](C)Cc1ccc(OC(F)F)cc1. The molecule has 2 rings (SSSR count). The summed E-state index contributed by atoms with van der Waals surface area (Å²) in [6.45, 7) is -0.719. The summed E-state index contributed by atoms with van der Waals surface area (Å²) in [6, 6.07) is 11.6. The molecule has 9 heteroatoms. The maximum atomic E-state index is 12.4. The van der Waals surface area contributed by atoms with E-state index < -0.39 is 17.6 Å². The predicted octanol–water partition coefficient (Wildman–Crippen LogP) is 2.24. The van der Waals surface area contributed by atoms with Gasteiger partial charge in [0.2, 0.25) is 0 Å². The Kier molecular flexibility index (Phi) is 6.78. The molecule has 0 radical (unpaired) electrons. The van der Waals surface area contributed by atoms with Crippen molar-refractivity contribution in [3.8, 4) is 5.75 Å². The Morgan fingerprint density at radius 3 is 2.44 bits per heavy atom. The molecule has 0 fully saturated rings. The lowest BCUT2D eigenvalue weighted by Crippen LogP contribution is -3.12. The van der Waals surface area contributed by atoms with E-state index in [0.29, 0.717) is 6.54 Å². The number of quaternary nitrogens is 1. The van der Waals surface area contributed by atoms with Crippen molar-refractivity contribution in [2.45, 2.75) is 26.1 Å². The first-order chi connectivity index (χ1) is 12.8. The standard InChI is InChI=1S/C18H19F2N3O4/c1-12(17(24)21-15-5-3-4-6-16(15)23(25)26)22(2)11-13-7-9-14(10-8-13)27-18(19)20/h3-10,12,18H,11H2,1-2H3,(H,21,24)/p+1/t12-/m1/s1. The predicted molar refractivity (Wildman–Crippen MR) is 94.9 cm³/mol. The minimum absolute atomic E-state index is 0.0635. The number of alkyl halides is 2. The molecule has 0 spiro atoms. The zero-order valence-corrected chi connectivity index (χ0v) is 14.8. The zero-order valence-electron chi connectivity index (χ0n) is 14.8. The highest BCUT2D eigenvalue weighted by atomic mass is 19.3. The second kappa shape index (κ2) is 9.04. The molecule has 2 aromatic carbocycles. The Hall–Kier alpha value is -3.07. The van der Waals surface area contributed by atoms with Gasteiger partial charge in [-0.2, -0.15) is 8.78 Å². The fraction of sp³-hybridized carbons (Fsp3) is 0.278. The molecule has 0 aromatic heterocycles. The highest BCUT2D eigenvalue weighted by Crippen LogP contribution is 2.23. The summed E-state index contributed by atoms with van der Waals surface area (Å²) in [5.74, 6) is -0.298. The van der Waals surface area contributed by atoms with E-state index >= 15 is 0 Å². The number of carbonyl (C=O) groups excluding carboxylic acids is 1. The number of benzene rings is 2. The summed E-state index contributed by atoms with van der Waals surface area (Å²) in [6.07, 6.45) is 0. The van der Waals surface area contributed by atoms with Crippen LogP contribution in [0.3, 0.4) is 0 Å². The Balaban J connectivity index is 1.99. The molecule has 0 aliphatic carbocycles. The molecule has 2 atom stereocenters. The monoisotopic (exact) mass is 380 g/mol. The van der Waals surface area contributed by atoms with Crippen LogP contribution >= 0.6 is 0 Å². The number of rotatable bonds is 8. The number of ether oxygens (including phenoxy) is 1. The molecule has 0 aliphatic rings. The summed E-state index contributed by atoms with van der Waals surface area (Å²) in [5, 5.41) is 13.6. The normalized spacial score (nSPS) is 13.1. The lowest BCUT2D eigenvalue weighted by molar-refractivity contribution is -0.907. The minimum atomic E-state index is -2.88. The van der Waals surface area contributed by atoms with Crippen LogP contribution in [-0.2, 0) is 11.3 Å². The van der Waals surface area contributed by atoms with Crippen molar-refractivity contribution in [2.24, 2.45) is 0 Å². The van der Waals surface area contributed by atoms with Crippen molar-refractivity contribution in [3.63, 3.8) is 0 Å². The van der Waals surface area contributed by atoms with Gasteiger partial charge in [-0.05, 0) is 37.3 Å². The van der Waals surface area contributed by atoms with Crippen LogP contribution < -0.4 is 15.0 Å². The molecule has 7 nitrogen and oxygen atoms in total. The highest BCUT2D eigenvalue weighted by molar-refractivity contribution is 5.95. The maximum absolute atomic E-state index is 12.4. The van der Waals surface area contributed by atoms with Gasteiger partial charge in [-0.25, -0.2) is 0 Å². The number of nitro groups is 1. The van der Waals surface area contributed by atoms with Crippen molar-refractivity contribution in [3.05, 3.63) is 64.2 Å². The van der Waals surface area contributed by atoms with Crippen molar-refractivity contribution >= 4 is 17.3 Å². The second-order valence-electron chi connectivity index (χ2n) is 6.03. The Morgan fingerprint density at radius 2 is 1.85 bits per heavy atom. The fourth-order valence-corrected chi connectivity index (χ4v) is 2.47. The van der Waals surface area contributed by atoms with Crippen molar-refractivity contribution in [1.29, 1.82) is 0 Å². The molecule has 1 unspecified atom stereocenters. The largest absolute Gasteiger partial charge is 0.435 e. The summed E-state index contributed by atoms with van der Waals surface area (Å²) in [5.41, 5.74) is 0.797. The first-order valence-electron chi connectivity index (χ1n) is 8.18. The molecule has 1 amide bonds. The quantitative estimate of drug-likeness (QED) is 0.543. The summed E-state index contributed by atoms with van der Waals surface area (Å²) in [7, 11) is 1.80. The van der Waals surface area contributed by atoms with Gasteiger partial charge in [-0.15, -0.1) is 0 Å². The van der Waals surface area contributed by atoms with E-state index in [9.17, 15) is 23.7 Å². The number of carbonyl (C=O) groups is 1. The van der Waals surface area contributed by atoms with E-state index in [1.165, 1.54) is 30.3 Å². The number of halogens is 2. The van der Waals surface area contributed by atoms with Gasteiger partial charge < -0.3 is 15.0 Å². The number of likely N-dealkylation sites (N-methyl/N-ethyl adjacent to an activating group) is 1. The van der Waals surface area contributed by atoms with E-state index in [1.54, 1.807) is 32.2 Å². The molecule has 0 heterocycles. The van der Waals surface area contributed by atoms with Crippen LogP contribution in [0, 0.1) is 10.1 Å². The van der Waals surface area contributed by atoms with E-state index in [1.807, 2.05) is 0 Å². The summed E-state index contributed by atoms with van der Waals surface area (Å²) < 4.78 is 28.6. The van der Waals surface area contributed by atoms with Crippen LogP contribution in [0.1, 0.15) is 12.5 Å². The molecular weight excluding hydrogens is 360 g/mol. The molecule has 27 heavy (non-hydrogen) atoms. The molecule has 2 N–H and O–H groups in total. The van der Waals surface area contributed by atoms with Gasteiger partial charge in [-0.3, -0.25) is 14.9 Å². The summed E-state index contributed by atoms with van der Waals surface area (Å²) in [4.78, 5) is 23.7. The Bertz CT molecular complexity index is 799. The van der Waals surface area contributed by atoms with Crippen molar-refractivity contribution in [1.82, 2.24) is 0 Å². The average Bonchev–Trinajstić information content (AvgIpc) is 2.62. The number of nitrogens with one attached hydrogen (secondary N) is 2. The van der Waals surface area contributed by atoms with Crippen LogP contribution in [0.25, 0.3) is 0 Å². The molecule has 144 valence electrons. The van der Waals surface area contributed by atoms with Crippen LogP contribution in [-0.4, -0.2) is 30.5 Å². The van der Waals surface area contributed by atoms with E-state index in [0.717, 1.165) is 10.5 Å². The number of hydrogen-bond acceptors (Lipinski definition) is 4. The third kappa shape index (κ3) is 5.71. The third-order valence-corrected chi connectivity index (χ3v) is 4.12. The molecule has 2 aromatic rings. The van der Waals surface area contributed by atoms with Gasteiger partial charge in [0, 0.05) is 11.6 Å². The van der Waals surface area contributed by atoms with Crippen LogP contribution in [0.5, 0.6) is 5.75 Å². The maximum Gasteiger partial charge on any atom is 0.387 e. The highest BCUT2D eigenvalue weighted by Gasteiger charge is 2.24. The van der Waals surface area contributed by atoms with Gasteiger partial charge in [-0.1, -0.05) is 12.1 Å². The molecule has 0 aliphatic heterocycles. The Morgan fingerprint density at radius 1 is 1.22 bits per heavy atom. The lowest BCUT2D eigenvalue weighted by Gasteiger charge is -2.21. The zero-order chi connectivity index (χ0) is 20.0. The first kappa shape index (κ1) is 20.2. The lowest BCUT2D eigenvalue weighted by atomic mass is 10.1. The number of amides is 1. The van der Waals surface area contributed by atoms with Gasteiger partial charge in [0.25, 0.3) is 11.6 Å². The summed E-state index contributed by atoms with van der Waals surface area (Å²) >= 11 is 0.